The molecule has 0 spiro atoms. The number of nitrogens with zero attached hydrogens (tertiary/aromatic N) is 2. The van der Waals surface area contributed by atoms with Crippen LogP contribution in [0.4, 0.5) is 4.39 Å². The van der Waals surface area contributed by atoms with E-state index in [1.54, 1.807) is 23.0 Å². The number of para-hydroxylation sites is 1. The highest BCUT2D eigenvalue weighted by Crippen LogP contribution is 2.16. The second-order valence-corrected chi connectivity index (χ2v) is 5.67. The van der Waals surface area contributed by atoms with Crippen molar-refractivity contribution in [2.24, 2.45) is 0 Å². The Hall–Kier alpha value is -3.15. The summed E-state index contributed by atoms with van der Waals surface area (Å²) in [5.41, 5.74) is 2.31. The number of hydrogen-bond donors (Lipinski definition) is 1. The molecule has 0 fully saturated rings. The van der Waals surface area contributed by atoms with E-state index in [2.05, 4.69) is 10.4 Å². The predicted molar refractivity (Wildman–Crippen MR) is 97.2 cm³/mol. The molecule has 5 nitrogen and oxygen atoms in total. The molecule has 1 aromatic heterocycles. The zero-order chi connectivity index (χ0) is 18.4. The average molecular weight is 353 g/mol. The number of carbonyl (C=O) groups excluding carboxylic acids is 1. The van der Waals surface area contributed by atoms with Crippen LogP contribution in [-0.2, 0) is 6.42 Å². The lowest BCUT2D eigenvalue weighted by atomic mass is 10.2. The summed E-state index contributed by atoms with van der Waals surface area (Å²) < 4.78 is 20.3. The van der Waals surface area contributed by atoms with Crippen molar-refractivity contribution in [1.82, 2.24) is 15.1 Å². The Labute approximate surface area is 151 Å². The molecule has 26 heavy (non-hydrogen) atoms. The van der Waals surface area contributed by atoms with Crippen LogP contribution < -0.4 is 10.1 Å². The van der Waals surface area contributed by atoms with Gasteiger partial charge < -0.3 is 10.1 Å². The molecule has 6 heteroatoms. The first kappa shape index (κ1) is 17.7. The van der Waals surface area contributed by atoms with Crippen LogP contribution in [0, 0.1) is 5.82 Å². The molecular formula is C20H20FN3O2. The molecular weight excluding hydrogens is 333 g/mol. The average Bonchev–Trinajstić information content (AvgIpc) is 3.10. The fourth-order valence-corrected chi connectivity index (χ4v) is 2.68. The van der Waals surface area contributed by atoms with E-state index in [9.17, 15) is 9.18 Å². The summed E-state index contributed by atoms with van der Waals surface area (Å²) in [5.74, 6) is -0.121. The van der Waals surface area contributed by atoms with Crippen molar-refractivity contribution in [3.63, 3.8) is 0 Å². The van der Waals surface area contributed by atoms with Gasteiger partial charge in [-0.1, -0.05) is 31.2 Å². The Morgan fingerprint density at radius 3 is 2.73 bits per heavy atom. The molecule has 3 rings (SSSR count). The van der Waals surface area contributed by atoms with Gasteiger partial charge in [-0.15, -0.1) is 0 Å². The monoisotopic (exact) mass is 353 g/mol. The van der Waals surface area contributed by atoms with E-state index in [1.807, 2.05) is 37.3 Å². The molecule has 0 bridgehead atoms. The van der Waals surface area contributed by atoms with Gasteiger partial charge in [0.1, 0.15) is 18.2 Å². The van der Waals surface area contributed by atoms with E-state index in [0.29, 0.717) is 24.3 Å². The molecule has 1 amide bonds. The number of hydrogen-bond acceptors (Lipinski definition) is 3. The molecule has 0 atom stereocenters. The Kier molecular flexibility index (Phi) is 5.63. The molecule has 2 aromatic carbocycles. The minimum Gasteiger partial charge on any atom is -0.492 e. The third-order valence-corrected chi connectivity index (χ3v) is 3.90. The highest BCUT2D eigenvalue weighted by Gasteiger charge is 2.16. The maximum atomic E-state index is 13.1. The molecule has 0 saturated heterocycles. The zero-order valence-corrected chi connectivity index (χ0v) is 14.5. The topological polar surface area (TPSA) is 56.1 Å². The van der Waals surface area contributed by atoms with Gasteiger partial charge in [0, 0.05) is 6.07 Å². The normalized spacial score (nSPS) is 10.5. The van der Waals surface area contributed by atoms with Crippen LogP contribution in [-0.4, -0.2) is 28.8 Å². The van der Waals surface area contributed by atoms with Gasteiger partial charge in [0.15, 0.2) is 0 Å². The van der Waals surface area contributed by atoms with Crippen LogP contribution in [0.15, 0.2) is 60.8 Å². The molecule has 0 aliphatic heterocycles. The maximum absolute atomic E-state index is 13.1. The number of rotatable bonds is 7. The first-order valence-electron chi connectivity index (χ1n) is 8.48. The Morgan fingerprint density at radius 2 is 2.00 bits per heavy atom. The zero-order valence-electron chi connectivity index (χ0n) is 14.5. The van der Waals surface area contributed by atoms with Crippen molar-refractivity contribution in [3.05, 3.63) is 77.9 Å². The number of nitrogens with one attached hydrogen (secondary N) is 1. The van der Waals surface area contributed by atoms with Crippen LogP contribution in [0.5, 0.6) is 5.75 Å². The molecule has 1 N–H and O–H groups in total. The second-order valence-electron chi connectivity index (χ2n) is 5.67. The fourth-order valence-electron chi connectivity index (χ4n) is 2.68. The number of aromatic nitrogens is 2. The second kappa shape index (κ2) is 8.29. The van der Waals surface area contributed by atoms with Gasteiger partial charge >= 0.3 is 0 Å². The van der Waals surface area contributed by atoms with E-state index in [-0.39, 0.29) is 18.3 Å². The molecule has 3 aromatic rings. The lowest BCUT2D eigenvalue weighted by Crippen LogP contribution is -2.28. The van der Waals surface area contributed by atoms with Crippen molar-refractivity contribution in [2.75, 3.05) is 13.2 Å². The van der Waals surface area contributed by atoms with E-state index in [1.165, 1.54) is 12.1 Å². The SMILES string of the molecule is CCc1c(C(=O)NCCOc2cccc(F)c2)cnn1-c1ccccc1. The smallest absolute Gasteiger partial charge is 0.254 e. The molecule has 0 saturated carbocycles. The number of ether oxygens (including phenoxy) is 1. The van der Waals surface area contributed by atoms with Gasteiger partial charge in [-0.25, -0.2) is 9.07 Å². The lowest BCUT2D eigenvalue weighted by molar-refractivity contribution is 0.0946. The van der Waals surface area contributed by atoms with Crippen LogP contribution in [0.3, 0.4) is 0 Å². The third-order valence-electron chi connectivity index (χ3n) is 3.90. The van der Waals surface area contributed by atoms with E-state index in [0.717, 1.165) is 11.4 Å². The van der Waals surface area contributed by atoms with Crippen LogP contribution in [0.25, 0.3) is 5.69 Å². The van der Waals surface area contributed by atoms with Gasteiger partial charge in [0.25, 0.3) is 5.91 Å². The quantitative estimate of drug-likeness (QED) is 0.663. The van der Waals surface area contributed by atoms with Gasteiger partial charge in [-0.3, -0.25) is 4.79 Å². The number of halogens is 1. The lowest BCUT2D eigenvalue weighted by Gasteiger charge is -2.09. The summed E-state index contributed by atoms with van der Waals surface area (Å²) in [6.07, 6.45) is 2.26. The van der Waals surface area contributed by atoms with Crippen LogP contribution in [0.1, 0.15) is 23.0 Å². The maximum Gasteiger partial charge on any atom is 0.254 e. The Bertz CT molecular complexity index is 878. The summed E-state index contributed by atoms with van der Waals surface area (Å²) in [7, 11) is 0. The summed E-state index contributed by atoms with van der Waals surface area (Å²) >= 11 is 0. The number of amides is 1. The highest BCUT2D eigenvalue weighted by molar-refractivity contribution is 5.95. The van der Waals surface area contributed by atoms with E-state index >= 15 is 0 Å². The first-order chi connectivity index (χ1) is 12.7. The largest absolute Gasteiger partial charge is 0.492 e. The summed E-state index contributed by atoms with van der Waals surface area (Å²) in [4.78, 5) is 12.5. The third kappa shape index (κ3) is 4.08. The van der Waals surface area contributed by atoms with Gasteiger partial charge in [-0.2, -0.15) is 5.10 Å². The van der Waals surface area contributed by atoms with E-state index in [4.69, 9.17) is 4.74 Å². The molecule has 134 valence electrons. The standard InChI is InChI=1S/C20H20FN3O2/c1-2-19-18(14-23-24(19)16-8-4-3-5-9-16)20(25)22-11-12-26-17-10-6-7-15(21)13-17/h3-10,13-14H,2,11-12H2,1H3,(H,22,25). The van der Waals surface area contributed by atoms with E-state index < -0.39 is 0 Å². The molecule has 0 aliphatic rings. The van der Waals surface area contributed by atoms with Crippen LogP contribution in [0.2, 0.25) is 0 Å². The van der Waals surface area contributed by atoms with Crippen molar-refractivity contribution < 1.29 is 13.9 Å². The van der Waals surface area contributed by atoms with Gasteiger partial charge in [0.05, 0.1) is 29.7 Å². The minimum absolute atomic E-state index is 0.202. The summed E-state index contributed by atoms with van der Waals surface area (Å²) in [6, 6.07) is 15.6. The minimum atomic E-state index is -0.354. The van der Waals surface area contributed by atoms with Crippen LogP contribution >= 0.6 is 0 Å². The van der Waals surface area contributed by atoms with Gasteiger partial charge in [-0.05, 0) is 30.7 Å². The Morgan fingerprint density at radius 1 is 1.19 bits per heavy atom. The van der Waals surface area contributed by atoms with Crippen molar-refractivity contribution in [1.29, 1.82) is 0 Å². The van der Waals surface area contributed by atoms with Crippen molar-refractivity contribution >= 4 is 5.91 Å². The molecule has 1 heterocycles. The highest BCUT2D eigenvalue weighted by atomic mass is 19.1. The fraction of sp³-hybridized carbons (Fsp3) is 0.200. The first-order valence-corrected chi connectivity index (χ1v) is 8.48. The molecule has 0 aliphatic carbocycles. The Balaban J connectivity index is 1.60. The number of carbonyl (C=O) groups is 1. The number of benzene rings is 2. The summed E-state index contributed by atoms with van der Waals surface area (Å²) in [6.45, 7) is 2.55. The molecule has 0 unspecified atom stereocenters. The van der Waals surface area contributed by atoms with Crippen molar-refractivity contribution in [3.8, 4) is 11.4 Å². The predicted octanol–water partition coefficient (Wildman–Crippen LogP) is 3.38. The van der Waals surface area contributed by atoms with Crippen molar-refractivity contribution in [2.45, 2.75) is 13.3 Å². The molecule has 0 radical (unpaired) electrons. The summed E-state index contributed by atoms with van der Waals surface area (Å²) in [5, 5.41) is 7.16. The van der Waals surface area contributed by atoms with Gasteiger partial charge in [0.2, 0.25) is 0 Å².